The molecule has 2 aromatic rings. The van der Waals surface area contributed by atoms with Crippen LogP contribution < -0.4 is 5.32 Å². The third-order valence-corrected chi connectivity index (χ3v) is 3.16. The first kappa shape index (κ1) is 8.17. The molecule has 1 N–H and O–H groups in total. The molecule has 2 aromatic heterocycles. The van der Waals surface area contributed by atoms with Crippen molar-refractivity contribution in [3.63, 3.8) is 0 Å². The van der Waals surface area contributed by atoms with Crippen molar-refractivity contribution >= 4 is 27.4 Å². The molecule has 0 spiro atoms. The van der Waals surface area contributed by atoms with Crippen LogP contribution in [0.2, 0.25) is 0 Å². The van der Waals surface area contributed by atoms with Gasteiger partial charge in [-0.15, -0.1) is 11.3 Å². The van der Waals surface area contributed by atoms with Gasteiger partial charge in [0.1, 0.15) is 16.5 Å². The van der Waals surface area contributed by atoms with Gasteiger partial charge in [-0.05, 0) is 31.2 Å². The van der Waals surface area contributed by atoms with Crippen molar-refractivity contribution in [1.29, 1.82) is 0 Å². The summed E-state index contributed by atoms with van der Waals surface area (Å²) in [4.78, 5) is 9.91. The summed E-state index contributed by atoms with van der Waals surface area (Å²) in [5, 5.41) is 6.67. The average molecular weight is 205 g/mol. The molecule has 0 aromatic carbocycles. The number of fused-ring (bicyclic) bond motifs is 1. The van der Waals surface area contributed by atoms with E-state index in [2.05, 4.69) is 26.7 Å². The maximum absolute atomic E-state index is 4.44. The number of thiophene rings is 1. The van der Waals surface area contributed by atoms with Crippen molar-refractivity contribution in [2.45, 2.75) is 25.8 Å². The summed E-state index contributed by atoms with van der Waals surface area (Å²) in [5.74, 6) is 1.86. The predicted molar refractivity (Wildman–Crippen MR) is 58.8 cm³/mol. The summed E-state index contributed by atoms with van der Waals surface area (Å²) in [6.45, 7) is 1.94. The summed E-state index contributed by atoms with van der Waals surface area (Å²) in [7, 11) is 0. The highest BCUT2D eigenvalue weighted by atomic mass is 32.1. The smallest absolute Gasteiger partial charge is 0.138 e. The minimum Gasteiger partial charge on any atom is -0.367 e. The minimum atomic E-state index is 0.646. The van der Waals surface area contributed by atoms with Crippen molar-refractivity contribution in [2.75, 3.05) is 5.32 Å². The maximum atomic E-state index is 4.44. The lowest BCUT2D eigenvalue weighted by atomic mass is 10.3. The summed E-state index contributed by atoms with van der Waals surface area (Å²) < 4.78 is 0. The van der Waals surface area contributed by atoms with Gasteiger partial charge in [-0.1, -0.05) is 0 Å². The Kier molecular flexibility index (Phi) is 1.70. The van der Waals surface area contributed by atoms with Gasteiger partial charge in [0.2, 0.25) is 0 Å². The van der Waals surface area contributed by atoms with E-state index in [0.29, 0.717) is 6.04 Å². The minimum absolute atomic E-state index is 0.646. The summed E-state index contributed by atoms with van der Waals surface area (Å²) in [6.07, 6.45) is 2.55. The van der Waals surface area contributed by atoms with Gasteiger partial charge in [0.15, 0.2) is 0 Å². The van der Waals surface area contributed by atoms with E-state index in [-0.39, 0.29) is 0 Å². The summed E-state index contributed by atoms with van der Waals surface area (Å²) in [5.41, 5.74) is 0. The zero-order valence-corrected chi connectivity index (χ0v) is 8.77. The SMILES string of the molecule is Cc1nc(NC2CC2)c2ccsc2n1. The van der Waals surface area contributed by atoms with Gasteiger partial charge in [0.25, 0.3) is 0 Å². The van der Waals surface area contributed by atoms with Gasteiger partial charge in [-0.2, -0.15) is 0 Å². The van der Waals surface area contributed by atoms with Crippen LogP contribution in [0, 0.1) is 6.92 Å². The van der Waals surface area contributed by atoms with Gasteiger partial charge in [-0.25, -0.2) is 9.97 Å². The number of hydrogen-bond donors (Lipinski definition) is 1. The monoisotopic (exact) mass is 205 g/mol. The number of nitrogens with zero attached hydrogens (tertiary/aromatic N) is 2. The molecule has 1 aliphatic rings. The average Bonchev–Trinajstić information content (AvgIpc) is 2.81. The third kappa shape index (κ3) is 1.35. The zero-order valence-electron chi connectivity index (χ0n) is 7.95. The Morgan fingerprint density at radius 1 is 1.43 bits per heavy atom. The number of rotatable bonds is 2. The number of aryl methyl sites for hydroxylation is 1. The van der Waals surface area contributed by atoms with E-state index < -0.39 is 0 Å². The molecule has 4 heteroatoms. The van der Waals surface area contributed by atoms with Crippen molar-refractivity contribution in [2.24, 2.45) is 0 Å². The Bertz CT molecular complexity index is 473. The van der Waals surface area contributed by atoms with Crippen LogP contribution in [0.4, 0.5) is 5.82 Å². The molecule has 0 unspecified atom stereocenters. The van der Waals surface area contributed by atoms with E-state index in [1.807, 2.05) is 6.92 Å². The Morgan fingerprint density at radius 2 is 2.29 bits per heavy atom. The lowest BCUT2D eigenvalue weighted by Crippen LogP contribution is -2.04. The van der Waals surface area contributed by atoms with Crippen LogP contribution in [0.1, 0.15) is 18.7 Å². The van der Waals surface area contributed by atoms with Gasteiger partial charge in [0.05, 0.1) is 5.39 Å². The molecule has 2 heterocycles. The molecule has 1 fully saturated rings. The summed E-state index contributed by atoms with van der Waals surface area (Å²) >= 11 is 1.67. The van der Waals surface area contributed by atoms with E-state index in [4.69, 9.17) is 0 Å². The fourth-order valence-electron chi connectivity index (χ4n) is 1.49. The molecule has 3 nitrogen and oxygen atoms in total. The van der Waals surface area contributed by atoms with E-state index in [1.54, 1.807) is 11.3 Å². The van der Waals surface area contributed by atoms with Crippen molar-refractivity contribution in [3.05, 3.63) is 17.3 Å². The lowest BCUT2D eigenvalue weighted by molar-refractivity contribution is 1.06. The largest absolute Gasteiger partial charge is 0.367 e. The first-order chi connectivity index (χ1) is 6.83. The Labute approximate surface area is 86.2 Å². The third-order valence-electron chi connectivity index (χ3n) is 2.36. The standard InChI is InChI=1S/C10H11N3S/c1-6-11-9(13-7-2-3-7)8-4-5-14-10(8)12-6/h4-5,7H,2-3H2,1H3,(H,11,12,13). The molecule has 0 amide bonds. The van der Waals surface area contributed by atoms with Crippen LogP contribution in [0.15, 0.2) is 11.4 Å². The van der Waals surface area contributed by atoms with Crippen molar-refractivity contribution in [1.82, 2.24) is 9.97 Å². The van der Waals surface area contributed by atoms with Gasteiger partial charge in [0, 0.05) is 6.04 Å². The first-order valence-electron chi connectivity index (χ1n) is 4.81. The Hall–Kier alpha value is -1.16. The zero-order chi connectivity index (χ0) is 9.54. The van der Waals surface area contributed by atoms with Crippen molar-refractivity contribution in [3.8, 4) is 0 Å². The van der Waals surface area contributed by atoms with Crippen LogP contribution in [0.5, 0.6) is 0 Å². The van der Waals surface area contributed by atoms with E-state index in [1.165, 1.54) is 12.8 Å². The molecule has 1 aliphatic carbocycles. The van der Waals surface area contributed by atoms with Crippen molar-refractivity contribution < 1.29 is 0 Å². The number of anilines is 1. The van der Waals surface area contributed by atoms with Gasteiger partial charge in [-0.3, -0.25) is 0 Å². The Balaban J connectivity index is 2.13. The molecule has 0 saturated heterocycles. The van der Waals surface area contributed by atoms with Gasteiger partial charge >= 0.3 is 0 Å². The highest BCUT2D eigenvalue weighted by Crippen LogP contribution is 2.29. The fourth-order valence-corrected chi connectivity index (χ4v) is 2.30. The predicted octanol–water partition coefficient (Wildman–Crippen LogP) is 2.57. The molecule has 0 radical (unpaired) electrons. The second kappa shape index (κ2) is 2.92. The van der Waals surface area contributed by atoms with Crippen LogP contribution in [-0.2, 0) is 0 Å². The highest BCUT2D eigenvalue weighted by molar-refractivity contribution is 7.16. The normalized spacial score (nSPS) is 16.1. The first-order valence-corrected chi connectivity index (χ1v) is 5.69. The molecular formula is C10H11N3S. The second-order valence-electron chi connectivity index (χ2n) is 3.68. The van der Waals surface area contributed by atoms with Crippen LogP contribution in [0.3, 0.4) is 0 Å². The van der Waals surface area contributed by atoms with Crippen LogP contribution >= 0.6 is 11.3 Å². The number of hydrogen-bond acceptors (Lipinski definition) is 4. The molecule has 14 heavy (non-hydrogen) atoms. The van der Waals surface area contributed by atoms with E-state index in [9.17, 15) is 0 Å². The molecule has 0 atom stereocenters. The lowest BCUT2D eigenvalue weighted by Gasteiger charge is -2.05. The quantitative estimate of drug-likeness (QED) is 0.818. The molecule has 3 rings (SSSR count). The number of nitrogens with one attached hydrogen (secondary N) is 1. The molecule has 0 bridgehead atoms. The van der Waals surface area contributed by atoms with Crippen LogP contribution in [0.25, 0.3) is 10.2 Å². The molecule has 0 aliphatic heterocycles. The maximum Gasteiger partial charge on any atom is 0.138 e. The fraction of sp³-hybridized carbons (Fsp3) is 0.400. The topological polar surface area (TPSA) is 37.8 Å². The van der Waals surface area contributed by atoms with Crippen LogP contribution in [-0.4, -0.2) is 16.0 Å². The van der Waals surface area contributed by atoms with E-state index in [0.717, 1.165) is 21.9 Å². The molecule has 72 valence electrons. The number of aromatic nitrogens is 2. The highest BCUT2D eigenvalue weighted by Gasteiger charge is 2.22. The molecule has 1 saturated carbocycles. The second-order valence-corrected chi connectivity index (χ2v) is 4.57. The summed E-state index contributed by atoms with van der Waals surface area (Å²) in [6, 6.07) is 2.73. The van der Waals surface area contributed by atoms with Gasteiger partial charge < -0.3 is 5.32 Å². The molecular weight excluding hydrogens is 194 g/mol. The Morgan fingerprint density at radius 3 is 3.07 bits per heavy atom. The van der Waals surface area contributed by atoms with E-state index >= 15 is 0 Å².